The molecular weight excluding hydrogens is 387 g/mol. The number of benzene rings is 2. The van der Waals surface area contributed by atoms with Crippen molar-refractivity contribution < 1.29 is 32.2 Å². The van der Waals surface area contributed by atoms with Crippen molar-refractivity contribution in [2.45, 2.75) is 12.7 Å². The van der Waals surface area contributed by atoms with Crippen molar-refractivity contribution >= 4 is 5.97 Å². The van der Waals surface area contributed by atoms with Crippen molar-refractivity contribution in [2.24, 2.45) is 0 Å². The molecule has 0 fully saturated rings. The zero-order valence-electron chi connectivity index (χ0n) is 15.2. The van der Waals surface area contributed by atoms with E-state index in [1.807, 2.05) is 0 Å². The average Bonchev–Trinajstić information content (AvgIpc) is 2.72. The second-order valence-corrected chi connectivity index (χ2v) is 5.84. The number of esters is 1. The van der Waals surface area contributed by atoms with Gasteiger partial charge in [-0.1, -0.05) is 18.2 Å². The summed E-state index contributed by atoms with van der Waals surface area (Å²) in [5.74, 6) is -1.54. The molecule has 2 aromatic carbocycles. The minimum absolute atomic E-state index is 0.0424. The third-order valence-electron chi connectivity index (χ3n) is 3.95. The molecule has 1 heterocycles. The number of pyridine rings is 1. The number of hydrogen-bond acceptors (Lipinski definition) is 5. The van der Waals surface area contributed by atoms with Gasteiger partial charge in [0.05, 0.1) is 18.4 Å². The van der Waals surface area contributed by atoms with Gasteiger partial charge in [-0.2, -0.15) is 8.78 Å². The van der Waals surface area contributed by atoms with E-state index in [1.54, 1.807) is 24.3 Å². The van der Waals surface area contributed by atoms with Crippen LogP contribution in [-0.4, -0.2) is 24.7 Å². The molecule has 0 aliphatic rings. The van der Waals surface area contributed by atoms with Crippen LogP contribution in [-0.2, 0) is 4.74 Å². The predicted octanol–water partition coefficient (Wildman–Crippen LogP) is 4.78. The molecule has 150 valence electrons. The minimum Gasteiger partial charge on any atom is -0.493 e. The van der Waals surface area contributed by atoms with E-state index in [9.17, 15) is 18.0 Å². The Kier molecular flexibility index (Phi) is 6.33. The number of carbonyl (C=O) groups is 1. The van der Waals surface area contributed by atoms with Crippen molar-refractivity contribution in [1.82, 2.24) is 4.98 Å². The average molecular weight is 403 g/mol. The van der Waals surface area contributed by atoms with E-state index in [0.717, 1.165) is 0 Å². The number of carbonyl (C=O) groups excluding carboxylic acids is 1. The number of aromatic nitrogens is 1. The van der Waals surface area contributed by atoms with Crippen molar-refractivity contribution in [1.29, 1.82) is 0 Å². The van der Waals surface area contributed by atoms with E-state index in [1.165, 1.54) is 49.7 Å². The first-order valence-corrected chi connectivity index (χ1v) is 8.48. The van der Waals surface area contributed by atoms with Gasteiger partial charge in [-0.15, -0.1) is 0 Å². The lowest BCUT2D eigenvalue weighted by molar-refractivity contribution is -0.0512. The summed E-state index contributed by atoms with van der Waals surface area (Å²) in [6, 6.07) is 14.3. The fourth-order valence-electron chi connectivity index (χ4n) is 2.66. The van der Waals surface area contributed by atoms with Crippen LogP contribution in [0.5, 0.6) is 11.5 Å². The highest BCUT2D eigenvalue weighted by atomic mass is 19.3. The van der Waals surface area contributed by atoms with E-state index in [0.29, 0.717) is 11.3 Å². The highest BCUT2D eigenvalue weighted by Crippen LogP contribution is 2.31. The summed E-state index contributed by atoms with van der Waals surface area (Å²) in [7, 11) is 1.26. The third-order valence-corrected chi connectivity index (χ3v) is 3.95. The summed E-state index contributed by atoms with van der Waals surface area (Å²) in [5, 5.41) is 0. The number of nitrogens with zero attached hydrogens (tertiary/aromatic N) is 1. The zero-order chi connectivity index (χ0) is 20.8. The van der Waals surface area contributed by atoms with E-state index in [-0.39, 0.29) is 17.1 Å². The van der Waals surface area contributed by atoms with Gasteiger partial charge >= 0.3 is 12.6 Å². The first-order chi connectivity index (χ1) is 14.0. The molecule has 5 nitrogen and oxygen atoms in total. The molecule has 0 radical (unpaired) electrons. The lowest BCUT2D eigenvalue weighted by Crippen LogP contribution is -2.14. The van der Waals surface area contributed by atoms with E-state index in [2.05, 4.69) is 9.72 Å². The van der Waals surface area contributed by atoms with Crippen LogP contribution in [0.2, 0.25) is 0 Å². The van der Waals surface area contributed by atoms with Crippen LogP contribution in [0, 0.1) is 5.82 Å². The van der Waals surface area contributed by atoms with Gasteiger partial charge < -0.3 is 14.2 Å². The molecular formula is C21H16F3NO4. The van der Waals surface area contributed by atoms with Gasteiger partial charge in [0.2, 0.25) is 0 Å². The summed E-state index contributed by atoms with van der Waals surface area (Å²) < 4.78 is 53.5. The molecule has 0 saturated heterocycles. The molecule has 0 amide bonds. The predicted molar refractivity (Wildman–Crippen MR) is 97.5 cm³/mol. The summed E-state index contributed by atoms with van der Waals surface area (Å²) in [6.45, 7) is -3.04. The molecule has 1 atom stereocenters. The van der Waals surface area contributed by atoms with Crippen LogP contribution in [0.1, 0.15) is 27.7 Å². The first kappa shape index (κ1) is 20.2. The Labute approximate surface area is 164 Å². The Hall–Kier alpha value is -3.55. The lowest BCUT2D eigenvalue weighted by atomic mass is 10.1. The molecule has 0 spiro atoms. The monoisotopic (exact) mass is 403 g/mol. The zero-order valence-corrected chi connectivity index (χ0v) is 15.2. The van der Waals surface area contributed by atoms with Gasteiger partial charge in [0, 0.05) is 11.8 Å². The Balaban J connectivity index is 1.91. The summed E-state index contributed by atoms with van der Waals surface area (Å²) in [4.78, 5) is 16.9. The molecule has 1 unspecified atom stereocenters. The van der Waals surface area contributed by atoms with E-state index >= 15 is 0 Å². The van der Waals surface area contributed by atoms with E-state index in [4.69, 9.17) is 9.47 Å². The summed E-state index contributed by atoms with van der Waals surface area (Å²) >= 11 is 0. The van der Waals surface area contributed by atoms with Crippen LogP contribution in [0.25, 0.3) is 0 Å². The second kappa shape index (κ2) is 9.09. The molecule has 0 bridgehead atoms. The smallest absolute Gasteiger partial charge is 0.387 e. The van der Waals surface area contributed by atoms with Gasteiger partial charge in [0.25, 0.3) is 0 Å². The largest absolute Gasteiger partial charge is 0.493 e. The highest BCUT2D eigenvalue weighted by molar-refractivity contribution is 5.90. The summed E-state index contributed by atoms with van der Waals surface area (Å²) in [6.07, 6.45) is 0.553. The highest BCUT2D eigenvalue weighted by Gasteiger charge is 2.23. The van der Waals surface area contributed by atoms with Crippen molar-refractivity contribution in [3.8, 4) is 11.5 Å². The fraction of sp³-hybridized carbons (Fsp3) is 0.143. The van der Waals surface area contributed by atoms with Crippen LogP contribution < -0.4 is 9.47 Å². The van der Waals surface area contributed by atoms with Crippen LogP contribution in [0.4, 0.5) is 13.2 Å². The lowest BCUT2D eigenvalue weighted by Gasteiger charge is -2.18. The molecule has 1 aromatic heterocycles. The van der Waals surface area contributed by atoms with Gasteiger partial charge in [-0.05, 0) is 42.5 Å². The molecule has 0 saturated carbocycles. The van der Waals surface area contributed by atoms with Crippen LogP contribution >= 0.6 is 0 Å². The van der Waals surface area contributed by atoms with Gasteiger partial charge in [0.15, 0.2) is 17.6 Å². The Morgan fingerprint density at radius 1 is 1.00 bits per heavy atom. The van der Waals surface area contributed by atoms with Gasteiger partial charge in [-0.25, -0.2) is 9.18 Å². The van der Waals surface area contributed by atoms with Crippen molar-refractivity contribution in [3.05, 3.63) is 89.5 Å². The summed E-state index contributed by atoms with van der Waals surface area (Å²) in [5.41, 5.74) is 0.832. The Bertz CT molecular complexity index is 983. The van der Waals surface area contributed by atoms with Crippen molar-refractivity contribution in [3.63, 3.8) is 0 Å². The number of alkyl halides is 2. The fourth-order valence-corrected chi connectivity index (χ4v) is 2.66. The standard InChI is InChI=1S/C21H16F3NO4/c1-27-18-12-14(8-9-17(18)28-21(23)24)20(26)29-19(16-7-2-3-10-25-16)13-5-4-6-15(22)11-13/h2-12,19,21H,1H3. The minimum atomic E-state index is -3.04. The number of methoxy groups -OCH3 is 1. The third kappa shape index (κ3) is 5.04. The second-order valence-electron chi connectivity index (χ2n) is 5.84. The molecule has 0 aliphatic heterocycles. The number of halogens is 3. The maximum atomic E-state index is 13.7. The number of hydrogen-bond donors (Lipinski definition) is 0. The Morgan fingerprint density at radius 2 is 1.83 bits per heavy atom. The quantitative estimate of drug-likeness (QED) is 0.532. The molecule has 3 aromatic rings. The topological polar surface area (TPSA) is 57.7 Å². The molecule has 0 aliphatic carbocycles. The number of rotatable bonds is 7. The maximum Gasteiger partial charge on any atom is 0.387 e. The van der Waals surface area contributed by atoms with E-state index < -0.39 is 24.5 Å². The van der Waals surface area contributed by atoms with Gasteiger partial charge in [-0.3, -0.25) is 4.98 Å². The van der Waals surface area contributed by atoms with Crippen molar-refractivity contribution in [2.75, 3.05) is 7.11 Å². The number of ether oxygens (including phenoxy) is 3. The Morgan fingerprint density at radius 3 is 2.48 bits per heavy atom. The molecule has 8 heteroatoms. The molecule has 0 N–H and O–H groups in total. The first-order valence-electron chi connectivity index (χ1n) is 8.48. The van der Waals surface area contributed by atoms with Crippen LogP contribution in [0.15, 0.2) is 66.9 Å². The normalized spacial score (nSPS) is 11.8. The van der Waals surface area contributed by atoms with Crippen LogP contribution in [0.3, 0.4) is 0 Å². The van der Waals surface area contributed by atoms with Gasteiger partial charge in [0.1, 0.15) is 5.82 Å². The molecule has 29 heavy (non-hydrogen) atoms. The SMILES string of the molecule is COc1cc(C(=O)OC(c2cccc(F)c2)c2ccccn2)ccc1OC(F)F. The maximum absolute atomic E-state index is 13.7. The molecule has 3 rings (SSSR count).